The van der Waals surface area contributed by atoms with Crippen molar-refractivity contribution in [2.75, 3.05) is 0 Å². The van der Waals surface area contributed by atoms with Gasteiger partial charge in [0.1, 0.15) is 11.6 Å². The molecule has 19 heavy (non-hydrogen) atoms. The SMILES string of the molecule is O=[N+]([O-])C(=Cc1c(F)cccc1F)c1ccccc1. The second-order valence-electron chi connectivity index (χ2n) is 3.79. The fourth-order valence-electron chi connectivity index (χ4n) is 1.64. The van der Waals surface area contributed by atoms with Crippen LogP contribution >= 0.6 is 0 Å². The summed E-state index contributed by atoms with van der Waals surface area (Å²) in [7, 11) is 0. The smallest absolute Gasteiger partial charge is 0.258 e. The van der Waals surface area contributed by atoms with Gasteiger partial charge in [0.05, 0.1) is 16.1 Å². The third-order valence-electron chi connectivity index (χ3n) is 2.55. The number of benzene rings is 2. The summed E-state index contributed by atoms with van der Waals surface area (Å²) >= 11 is 0. The summed E-state index contributed by atoms with van der Waals surface area (Å²) in [6.07, 6.45) is 0.903. The number of rotatable bonds is 3. The molecule has 96 valence electrons. The monoisotopic (exact) mass is 261 g/mol. The van der Waals surface area contributed by atoms with Crippen molar-refractivity contribution >= 4 is 11.8 Å². The Morgan fingerprint density at radius 3 is 2.11 bits per heavy atom. The topological polar surface area (TPSA) is 43.1 Å². The quantitative estimate of drug-likeness (QED) is 0.480. The van der Waals surface area contributed by atoms with E-state index < -0.39 is 22.1 Å². The summed E-state index contributed by atoms with van der Waals surface area (Å²) in [6.45, 7) is 0. The maximum Gasteiger partial charge on any atom is 0.277 e. The first-order chi connectivity index (χ1) is 9.09. The molecular weight excluding hydrogens is 252 g/mol. The van der Waals surface area contributed by atoms with Gasteiger partial charge < -0.3 is 0 Å². The van der Waals surface area contributed by atoms with Crippen LogP contribution in [-0.4, -0.2) is 4.92 Å². The van der Waals surface area contributed by atoms with Crippen LogP contribution in [0, 0.1) is 21.7 Å². The van der Waals surface area contributed by atoms with Crippen molar-refractivity contribution in [3.63, 3.8) is 0 Å². The molecule has 2 aromatic rings. The van der Waals surface area contributed by atoms with E-state index in [4.69, 9.17) is 0 Å². The molecule has 0 atom stereocenters. The number of nitro groups is 1. The van der Waals surface area contributed by atoms with Gasteiger partial charge in [-0.15, -0.1) is 0 Å². The summed E-state index contributed by atoms with van der Waals surface area (Å²) in [4.78, 5) is 10.4. The lowest BCUT2D eigenvalue weighted by atomic mass is 10.1. The maximum atomic E-state index is 13.5. The van der Waals surface area contributed by atoms with E-state index in [9.17, 15) is 18.9 Å². The van der Waals surface area contributed by atoms with Crippen molar-refractivity contribution in [1.82, 2.24) is 0 Å². The lowest BCUT2D eigenvalue weighted by Crippen LogP contribution is -1.99. The minimum atomic E-state index is -0.838. The van der Waals surface area contributed by atoms with Gasteiger partial charge in [0.2, 0.25) is 0 Å². The minimum absolute atomic E-state index is 0.287. The van der Waals surface area contributed by atoms with E-state index in [1.807, 2.05) is 0 Å². The van der Waals surface area contributed by atoms with Gasteiger partial charge in [0.25, 0.3) is 5.70 Å². The Bertz CT molecular complexity index is 619. The van der Waals surface area contributed by atoms with Gasteiger partial charge >= 0.3 is 0 Å². The Morgan fingerprint density at radius 1 is 1.00 bits per heavy atom. The molecular formula is C14H9F2NO2. The summed E-state index contributed by atoms with van der Waals surface area (Å²) in [6, 6.07) is 11.3. The zero-order chi connectivity index (χ0) is 13.8. The largest absolute Gasteiger partial charge is 0.277 e. The van der Waals surface area contributed by atoms with Gasteiger partial charge in [0, 0.05) is 6.08 Å². The highest BCUT2D eigenvalue weighted by atomic mass is 19.1. The first-order valence-electron chi connectivity index (χ1n) is 5.45. The first kappa shape index (κ1) is 12.9. The summed E-state index contributed by atoms with van der Waals surface area (Å²) < 4.78 is 27.0. The molecule has 0 fully saturated rings. The number of halogens is 2. The Labute approximate surface area is 108 Å². The predicted molar refractivity (Wildman–Crippen MR) is 67.7 cm³/mol. The molecule has 0 aliphatic carbocycles. The Kier molecular flexibility index (Phi) is 3.66. The van der Waals surface area contributed by atoms with Crippen LogP contribution in [0.25, 0.3) is 11.8 Å². The second kappa shape index (κ2) is 5.39. The third kappa shape index (κ3) is 2.82. The second-order valence-corrected chi connectivity index (χ2v) is 3.79. The first-order valence-corrected chi connectivity index (χ1v) is 5.45. The highest BCUT2D eigenvalue weighted by Gasteiger charge is 2.16. The van der Waals surface area contributed by atoms with Crippen LogP contribution in [0.4, 0.5) is 8.78 Å². The van der Waals surface area contributed by atoms with E-state index >= 15 is 0 Å². The molecule has 0 heterocycles. The molecule has 0 spiro atoms. The van der Waals surface area contributed by atoms with E-state index in [2.05, 4.69) is 0 Å². The highest BCUT2D eigenvalue weighted by Crippen LogP contribution is 2.22. The lowest BCUT2D eigenvalue weighted by molar-refractivity contribution is -0.374. The molecule has 2 rings (SSSR count). The van der Waals surface area contributed by atoms with Crippen molar-refractivity contribution in [3.8, 4) is 0 Å². The highest BCUT2D eigenvalue weighted by molar-refractivity contribution is 5.76. The molecule has 3 nitrogen and oxygen atoms in total. The molecule has 0 bridgehead atoms. The zero-order valence-corrected chi connectivity index (χ0v) is 9.72. The standard InChI is InChI=1S/C14H9F2NO2/c15-12-7-4-8-13(16)11(12)9-14(17(18)19)10-5-2-1-3-6-10/h1-9H. The van der Waals surface area contributed by atoms with Crippen LogP contribution < -0.4 is 0 Å². The van der Waals surface area contributed by atoms with Crippen molar-refractivity contribution in [3.05, 3.63) is 81.4 Å². The fourth-order valence-corrected chi connectivity index (χ4v) is 1.64. The normalized spacial score (nSPS) is 11.4. The van der Waals surface area contributed by atoms with Crippen LogP contribution in [0.2, 0.25) is 0 Å². The molecule has 0 amide bonds. The van der Waals surface area contributed by atoms with Gasteiger partial charge in [-0.1, -0.05) is 24.3 Å². The van der Waals surface area contributed by atoms with Gasteiger partial charge in [-0.2, -0.15) is 0 Å². The fraction of sp³-hybridized carbons (Fsp3) is 0. The van der Waals surface area contributed by atoms with Gasteiger partial charge in [0.15, 0.2) is 0 Å². The van der Waals surface area contributed by atoms with E-state index in [1.54, 1.807) is 18.2 Å². The van der Waals surface area contributed by atoms with Crippen LogP contribution in [0.5, 0.6) is 0 Å². The zero-order valence-electron chi connectivity index (χ0n) is 9.72. The lowest BCUT2D eigenvalue weighted by Gasteiger charge is -2.01. The maximum absolute atomic E-state index is 13.5. The van der Waals surface area contributed by atoms with Crippen molar-refractivity contribution in [2.24, 2.45) is 0 Å². The molecule has 0 radical (unpaired) electrons. The molecule has 0 N–H and O–H groups in total. The minimum Gasteiger partial charge on any atom is -0.258 e. The predicted octanol–water partition coefficient (Wildman–Crippen LogP) is 3.74. The summed E-state index contributed by atoms with van der Waals surface area (Å²) in [5.41, 5.74) is -0.488. The molecule has 0 aliphatic rings. The molecule has 0 saturated heterocycles. The average molecular weight is 261 g/mol. The Balaban J connectivity index is 2.57. The molecule has 2 aromatic carbocycles. The molecule has 0 aliphatic heterocycles. The van der Waals surface area contributed by atoms with Crippen molar-refractivity contribution in [1.29, 1.82) is 0 Å². The number of hydrogen-bond donors (Lipinski definition) is 0. The molecule has 0 unspecified atom stereocenters. The van der Waals surface area contributed by atoms with Crippen LogP contribution in [0.1, 0.15) is 11.1 Å². The van der Waals surface area contributed by atoms with E-state index in [1.165, 1.54) is 18.2 Å². The van der Waals surface area contributed by atoms with Crippen LogP contribution in [-0.2, 0) is 0 Å². The molecule has 0 aromatic heterocycles. The van der Waals surface area contributed by atoms with Crippen LogP contribution in [0.3, 0.4) is 0 Å². The van der Waals surface area contributed by atoms with E-state index in [-0.39, 0.29) is 11.3 Å². The van der Waals surface area contributed by atoms with E-state index in [0.29, 0.717) is 0 Å². The summed E-state index contributed by atoms with van der Waals surface area (Å²) in [5.74, 6) is -1.68. The van der Waals surface area contributed by atoms with Gasteiger partial charge in [-0.3, -0.25) is 10.1 Å². The van der Waals surface area contributed by atoms with E-state index in [0.717, 1.165) is 18.2 Å². The number of hydrogen-bond acceptors (Lipinski definition) is 2. The van der Waals surface area contributed by atoms with Crippen LogP contribution in [0.15, 0.2) is 48.5 Å². The van der Waals surface area contributed by atoms with Gasteiger partial charge in [-0.25, -0.2) is 8.78 Å². The number of nitrogens with zero attached hydrogens (tertiary/aromatic N) is 1. The van der Waals surface area contributed by atoms with Gasteiger partial charge in [-0.05, 0) is 24.3 Å². The van der Waals surface area contributed by atoms with Crippen molar-refractivity contribution < 1.29 is 13.7 Å². The summed E-state index contributed by atoms with van der Waals surface area (Å²) in [5, 5.41) is 11.0. The molecule has 5 heteroatoms. The Morgan fingerprint density at radius 2 is 1.58 bits per heavy atom. The molecule has 0 saturated carbocycles. The third-order valence-corrected chi connectivity index (χ3v) is 2.55. The average Bonchev–Trinajstić information content (AvgIpc) is 2.39. The Hall–Kier alpha value is -2.56. The van der Waals surface area contributed by atoms with Crippen molar-refractivity contribution in [2.45, 2.75) is 0 Å².